The lowest BCUT2D eigenvalue weighted by molar-refractivity contribution is 1.31. The molecule has 0 bridgehead atoms. The van der Waals surface area contributed by atoms with E-state index in [2.05, 4.69) is 58.9 Å². The van der Waals surface area contributed by atoms with Crippen LogP contribution in [0.15, 0.2) is 83.9 Å². The van der Waals surface area contributed by atoms with Gasteiger partial charge in [0.1, 0.15) is 0 Å². The number of halogens is 1. The summed E-state index contributed by atoms with van der Waals surface area (Å²) in [6.07, 6.45) is 8.71. The van der Waals surface area contributed by atoms with Crippen molar-refractivity contribution in [3.63, 3.8) is 0 Å². The normalized spacial score (nSPS) is 16.0. The van der Waals surface area contributed by atoms with Gasteiger partial charge in [0.05, 0.1) is 0 Å². The Morgan fingerprint density at radius 2 is 1.78 bits per heavy atom. The second-order valence-corrected chi connectivity index (χ2v) is 6.35. The Kier molecular flexibility index (Phi) is 4.63. The summed E-state index contributed by atoms with van der Waals surface area (Å²) in [5.74, 6) is 0. The fourth-order valence-corrected chi connectivity index (χ4v) is 3.27. The van der Waals surface area contributed by atoms with Gasteiger partial charge in [-0.3, -0.25) is 0 Å². The fraction of sp³-hybridized carbons (Fsp3) is 0.0476. The van der Waals surface area contributed by atoms with Gasteiger partial charge < -0.3 is 5.73 Å². The molecule has 0 unspecified atom stereocenters. The van der Waals surface area contributed by atoms with Gasteiger partial charge in [0, 0.05) is 22.2 Å². The summed E-state index contributed by atoms with van der Waals surface area (Å²) in [6, 6.07) is 16.6. The van der Waals surface area contributed by atoms with Crippen molar-refractivity contribution in [1.82, 2.24) is 0 Å². The molecule has 2 heteroatoms. The van der Waals surface area contributed by atoms with Crippen LogP contribution >= 0.6 is 15.9 Å². The summed E-state index contributed by atoms with van der Waals surface area (Å²) in [5, 5.41) is 0. The van der Waals surface area contributed by atoms with Crippen LogP contribution in [0.2, 0.25) is 0 Å². The zero-order valence-corrected chi connectivity index (χ0v) is 14.4. The van der Waals surface area contributed by atoms with Gasteiger partial charge in [-0.2, -0.15) is 0 Å². The highest BCUT2D eigenvalue weighted by Gasteiger charge is 2.21. The third-order valence-corrected chi connectivity index (χ3v) is 4.47. The molecule has 2 aromatic rings. The number of allylic oxidation sites excluding steroid dienone is 6. The molecule has 23 heavy (non-hydrogen) atoms. The molecule has 0 fully saturated rings. The topological polar surface area (TPSA) is 26.0 Å². The second-order valence-electron chi connectivity index (χ2n) is 5.44. The maximum absolute atomic E-state index is 6.49. The van der Waals surface area contributed by atoms with Crippen molar-refractivity contribution < 1.29 is 0 Å². The van der Waals surface area contributed by atoms with Crippen LogP contribution in [0.5, 0.6) is 0 Å². The molecule has 0 aliphatic heterocycles. The first-order valence-corrected chi connectivity index (χ1v) is 8.32. The largest absolute Gasteiger partial charge is 0.398 e. The van der Waals surface area contributed by atoms with Crippen molar-refractivity contribution in [3.8, 4) is 0 Å². The van der Waals surface area contributed by atoms with Crippen molar-refractivity contribution in [3.05, 3.63) is 101 Å². The van der Waals surface area contributed by atoms with Crippen LogP contribution < -0.4 is 5.73 Å². The zero-order chi connectivity index (χ0) is 16.2. The monoisotopic (exact) mass is 363 g/mol. The molecule has 1 nitrogen and oxygen atoms in total. The summed E-state index contributed by atoms with van der Waals surface area (Å²) < 4.78 is 1.06. The van der Waals surface area contributed by atoms with Crippen LogP contribution in [-0.4, -0.2) is 0 Å². The molecule has 1 aliphatic rings. The zero-order valence-electron chi connectivity index (χ0n) is 12.8. The molecular weight excluding hydrogens is 346 g/mol. The molecule has 3 rings (SSSR count). The quantitative estimate of drug-likeness (QED) is 0.684. The van der Waals surface area contributed by atoms with Crippen molar-refractivity contribution in [2.45, 2.75) is 6.42 Å². The molecule has 2 N–H and O–H groups in total. The molecule has 0 aromatic heterocycles. The minimum Gasteiger partial charge on any atom is -0.398 e. The van der Waals surface area contributed by atoms with Crippen molar-refractivity contribution in [2.75, 3.05) is 0 Å². The standard InChI is InChI=1S/C21H18BrN/c1-2-3-4-8-16-14-20(15-9-7-10-17(22)13-15)21(23)19-12-6-5-11-18(16)19/h2-13H,1,14,23H2/b4-3-,16-8+. The molecule has 0 spiro atoms. The number of nitrogens with two attached hydrogens (primary N) is 1. The van der Waals surface area contributed by atoms with Gasteiger partial charge >= 0.3 is 0 Å². The Bertz CT molecular complexity index is 840. The molecule has 2 aromatic carbocycles. The van der Waals surface area contributed by atoms with Crippen molar-refractivity contribution in [1.29, 1.82) is 0 Å². The summed E-state index contributed by atoms with van der Waals surface area (Å²) in [4.78, 5) is 0. The van der Waals surface area contributed by atoms with Gasteiger partial charge in [-0.1, -0.05) is 83.2 Å². The highest BCUT2D eigenvalue weighted by atomic mass is 79.9. The summed E-state index contributed by atoms with van der Waals surface area (Å²) in [5.41, 5.74) is 13.3. The van der Waals surface area contributed by atoms with E-state index in [0.717, 1.165) is 27.7 Å². The Morgan fingerprint density at radius 3 is 2.52 bits per heavy atom. The maximum atomic E-state index is 6.49. The van der Waals surface area contributed by atoms with E-state index in [4.69, 9.17) is 5.73 Å². The number of fused-ring (bicyclic) bond motifs is 1. The van der Waals surface area contributed by atoms with Crippen LogP contribution in [0, 0.1) is 0 Å². The molecular formula is C21H18BrN. The van der Waals surface area contributed by atoms with E-state index < -0.39 is 0 Å². The van der Waals surface area contributed by atoms with Gasteiger partial charge in [-0.05, 0) is 34.4 Å². The van der Waals surface area contributed by atoms with E-state index in [1.165, 1.54) is 16.7 Å². The highest BCUT2D eigenvalue weighted by Crippen LogP contribution is 2.40. The highest BCUT2D eigenvalue weighted by molar-refractivity contribution is 9.10. The molecule has 0 radical (unpaired) electrons. The van der Waals surface area contributed by atoms with Gasteiger partial charge in [-0.25, -0.2) is 0 Å². The predicted octanol–water partition coefficient (Wildman–Crippen LogP) is 5.81. The Morgan fingerprint density at radius 1 is 1.00 bits per heavy atom. The third kappa shape index (κ3) is 3.22. The third-order valence-electron chi connectivity index (χ3n) is 3.97. The van der Waals surface area contributed by atoms with Crippen LogP contribution in [-0.2, 0) is 0 Å². The number of hydrogen-bond donors (Lipinski definition) is 1. The Balaban J connectivity index is 2.16. The van der Waals surface area contributed by atoms with Crippen LogP contribution in [0.4, 0.5) is 0 Å². The first-order valence-electron chi connectivity index (χ1n) is 7.53. The molecule has 114 valence electrons. The lowest BCUT2D eigenvalue weighted by atomic mass is 9.82. The lowest BCUT2D eigenvalue weighted by Gasteiger charge is -2.24. The van der Waals surface area contributed by atoms with E-state index in [1.54, 1.807) is 6.08 Å². The average Bonchev–Trinajstić information content (AvgIpc) is 2.57. The van der Waals surface area contributed by atoms with E-state index in [1.807, 2.05) is 30.4 Å². The minimum absolute atomic E-state index is 0.820. The number of benzene rings is 2. The molecule has 0 saturated heterocycles. The summed E-state index contributed by atoms with van der Waals surface area (Å²) >= 11 is 3.55. The number of hydrogen-bond acceptors (Lipinski definition) is 1. The SMILES string of the molecule is C=C/C=C\C=C1/CC(c2cccc(Br)c2)=C(N)c2ccccc21. The maximum Gasteiger partial charge on any atom is 0.0435 e. The van der Waals surface area contributed by atoms with Crippen LogP contribution in [0.25, 0.3) is 16.8 Å². The van der Waals surface area contributed by atoms with E-state index in [0.29, 0.717) is 0 Å². The Hall–Kier alpha value is -2.32. The first-order chi connectivity index (χ1) is 11.2. The smallest absolute Gasteiger partial charge is 0.0435 e. The van der Waals surface area contributed by atoms with E-state index >= 15 is 0 Å². The summed E-state index contributed by atoms with van der Waals surface area (Å²) in [7, 11) is 0. The van der Waals surface area contributed by atoms with Crippen LogP contribution in [0.1, 0.15) is 23.1 Å². The van der Waals surface area contributed by atoms with Gasteiger partial charge in [-0.15, -0.1) is 0 Å². The van der Waals surface area contributed by atoms with Gasteiger partial charge in [0.2, 0.25) is 0 Å². The average molecular weight is 364 g/mol. The molecule has 0 saturated carbocycles. The van der Waals surface area contributed by atoms with Crippen LogP contribution in [0.3, 0.4) is 0 Å². The van der Waals surface area contributed by atoms with Gasteiger partial charge in [0.15, 0.2) is 0 Å². The molecule has 0 amide bonds. The minimum atomic E-state index is 0.820. The Labute approximate surface area is 145 Å². The van der Waals surface area contributed by atoms with E-state index in [9.17, 15) is 0 Å². The fourth-order valence-electron chi connectivity index (χ4n) is 2.87. The summed E-state index contributed by atoms with van der Waals surface area (Å²) in [6.45, 7) is 3.72. The van der Waals surface area contributed by atoms with Crippen molar-refractivity contribution >= 4 is 32.8 Å². The first kappa shape index (κ1) is 15.6. The lowest BCUT2D eigenvalue weighted by Crippen LogP contribution is -2.10. The molecule has 0 heterocycles. The second kappa shape index (κ2) is 6.84. The molecule has 0 atom stereocenters. The molecule has 1 aliphatic carbocycles. The predicted molar refractivity (Wildman–Crippen MR) is 104 cm³/mol. The number of rotatable bonds is 3. The van der Waals surface area contributed by atoms with Crippen molar-refractivity contribution in [2.24, 2.45) is 5.73 Å². The van der Waals surface area contributed by atoms with E-state index in [-0.39, 0.29) is 0 Å². The van der Waals surface area contributed by atoms with Gasteiger partial charge in [0.25, 0.3) is 0 Å².